The average Bonchev–Trinajstić information content (AvgIpc) is 2.50. The van der Waals surface area contributed by atoms with Crippen LogP contribution in [0.4, 0.5) is 5.69 Å². The van der Waals surface area contributed by atoms with Gasteiger partial charge in [-0.15, -0.1) is 0 Å². The monoisotopic (exact) mass is 293 g/mol. The van der Waals surface area contributed by atoms with E-state index in [9.17, 15) is 9.90 Å². The summed E-state index contributed by atoms with van der Waals surface area (Å²) in [4.78, 5) is 14.6. The molecule has 1 atom stereocenters. The van der Waals surface area contributed by atoms with Crippen LogP contribution < -0.4 is 4.90 Å². The lowest BCUT2D eigenvalue weighted by Crippen LogP contribution is -2.47. The fourth-order valence-electron chi connectivity index (χ4n) is 2.48. The normalized spacial score (nSPS) is 12.5. The Hall–Kier alpha value is -1.39. The lowest BCUT2D eigenvalue weighted by Gasteiger charge is -2.34. The van der Waals surface area contributed by atoms with Crippen molar-refractivity contribution in [3.63, 3.8) is 0 Å². The lowest BCUT2D eigenvalue weighted by atomic mass is 9.99. The molecule has 4 heteroatoms. The molecular formula is C17H27NO3. The van der Waals surface area contributed by atoms with E-state index in [1.807, 2.05) is 38.1 Å². The van der Waals surface area contributed by atoms with Gasteiger partial charge in [0.2, 0.25) is 0 Å². The van der Waals surface area contributed by atoms with Gasteiger partial charge in [-0.2, -0.15) is 0 Å². The van der Waals surface area contributed by atoms with Crippen LogP contribution in [-0.2, 0) is 16.1 Å². The van der Waals surface area contributed by atoms with Gasteiger partial charge < -0.3 is 14.7 Å². The van der Waals surface area contributed by atoms with Crippen LogP contribution in [0, 0.1) is 5.92 Å². The SMILES string of the molecule is CCCN(c1ccccc1CO)C(COC)C(=O)C(C)C. The summed E-state index contributed by atoms with van der Waals surface area (Å²) in [5, 5.41) is 9.55. The van der Waals surface area contributed by atoms with Crippen LogP contribution in [0.25, 0.3) is 0 Å². The van der Waals surface area contributed by atoms with Crippen LogP contribution >= 0.6 is 0 Å². The third-order valence-electron chi connectivity index (χ3n) is 3.53. The number of carbonyl (C=O) groups excluding carboxylic acids is 1. The van der Waals surface area contributed by atoms with Crippen LogP contribution in [0.3, 0.4) is 0 Å². The number of aliphatic hydroxyl groups is 1. The number of carbonyl (C=O) groups is 1. The van der Waals surface area contributed by atoms with E-state index in [0.717, 1.165) is 24.2 Å². The summed E-state index contributed by atoms with van der Waals surface area (Å²) in [6, 6.07) is 7.36. The number of Topliss-reactive ketones (excluding diaryl/α,β-unsaturated/α-hetero) is 1. The Morgan fingerprint density at radius 2 is 2.00 bits per heavy atom. The highest BCUT2D eigenvalue weighted by Gasteiger charge is 2.28. The molecule has 0 saturated carbocycles. The maximum Gasteiger partial charge on any atom is 0.160 e. The van der Waals surface area contributed by atoms with Crippen molar-refractivity contribution in [1.29, 1.82) is 0 Å². The minimum atomic E-state index is -0.317. The van der Waals surface area contributed by atoms with E-state index in [1.165, 1.54) is 0 Å². The predicted molar refractivity (Wildman–Crippen MR) is 85.5 cm³/mol. The number of rotatable bonds is 9. The molecule has 0 bridgehead atoms. The third kappa shape index (κ3) is 4.55. The second-order valence-electron chi connectivity index (χ2n) is 5.51. The Morgan fingerprint density at radius 1 is 1.33 bits per heavy atom. The number of aliphatic hydroxyl groups excluding tert-OH is 1. The number of benzene rings is 1. The summed E-state index contributed by atoms with van der Waals surface area (Å²) >= 11 is 0. The molecule has 0 radical (unpaired) electrons. The van der Waals surface area contributed by atoms with Gasteiger partial charge in [-0.1, -0.05) is 39.0 Å². The van der Waals surface area contributed by atoms with Gasteiger partial charge in [-0.25, -0.2) is 0 Å². The summed E-state index contributed by atoms with van der Waals surface area (Å²) in [6.07, 6.45) is 0.922. The zero-order valence-electron chi connectivity index (χ0n) is 13.5. The first-order chi connectivity index (χ1) is 10.1. The van der Waals surface area contributed by atoms with E-state index < -0.39 is 0 Å². The molecular weight excluding hydrogens is 266 g/mol. The fraction of sp³-hybridized carbons (Fsp3) is 0.588. The predicted octanol–water partition coefficient (Wildman–Crippen LogP) is 2.64. The first-order valence-electron chi connectivity index (χ1n) is 7.54. The van der Waals surface area contributed by atoms with E-state index in [0.29, 0.717) is 6.61 Å². The first-order valence-corrected chi connectivity index (χ1v) is 7.54. The van der Waals surface area contributed by atoms with Crippen molar-refractivity contribution in [2.45, 2.75) is 39.8 Å². The minimum absolute atomic E-state index is 0.0358. The Morgan fingerprint density at radius 3 is 2.52 bits per heavy atom. The van der Waals surface area contributed by atoms with Crippen LogP contribution in [-0.4, -0.2) is 37.2 Å². The molecule has 1 rings (SSSR count). The molecule has 21 heavy (non-hydrogen) atoms. The lowest BCUT2D eigenvalue weighted by molar-refractivity contribution is -0.124. The molecule has 118 valence electrons. The van der Waals surface area contributed by atoms with E-state index in [1.54, 1.807) is 7.11 Å². The number of hydrogen-bond acceptors (Lipinski definition) is 4. The second-order valence-corrected chi connectivity index (χ2v) is 5.51. The van der Waals surface area contributed by atoms with Crippen molar-refractivity contribution < 1.29 is 14.6 Å². The quantitative estimate of drug-likeness (QED) is 0.760. The molecule has 1 aromatic carbocycles. The summed E-state index contributed by atoms with van der Waals surface area (Å²) in [5.41, 5.74) is 1.75. The molecule has 0 aromatic heterocycles. The Bertz CT molecular complexity index is 445. The van der Waals surface area contributed by atoms with Crippen LogP contribution in [0.2, 0.25) is 0 Å². The number of ether oxygens (including phenoxy) is 1. The Balaban J connectivity index is 3.20. The van der Waals surface area contributed by atoms with Crippen molar-refractivity contribution in [1.82, 2.24) is 0 Å². The van der Waals surface area contributed by atoms with Gasteiger partial charge in [0.05, 0.1) is 13.2 Å². The van der Waals surface area contributed by atoms with Gasteiger partial charge in [-0.05, 0) is 12.5 Å². The van der Waals surface area contributed by atoms with E-state index in [-0.39, 0.29) is 24.3 Å². The molecule has 0 aliphatic carbocycles. The number of nitrogens with zero attached hydrogens (tertiary/aromatic N) is 1. The van der Waals surface area contributed by atoms with Gasteiger partial charge in [0.25, 0.3) is 0 Å². The summed E-state index contributed by atoms with van der Waals surface area (Å²) < 4.78 is 5.27. The van der Waals surface area contributed by atoms with Gasteiger partial charge in [0, 0.05) is 30.8 Å². The Kier molecular flexibility index (Phi) is 7.40. The summed E-state index contributed by atoms with van der Waals surface area (Å²) in [6.45, 7) is 6.98. The molecule has 0 aliphatic rings. The van der Waals surface area contributed by atoms with Crippen LogP contribution in [0.15, 0.2) is 24.3 Å². The highest BCUT2D eigenvalue weighted by molar-refractivity contribution is 5.89. The van der Waals surface area contributed by atoms with Crippen molar-refractivity contribution in [2.75, 3.05) is 25.2 Å². The van der Waals surface area contributed by atoms with Crippen molar-refractivity contribution in [2.24, 2.45) is 5.92 Å². The van der Waals surface area contributed by atoms with Gasteiger partial charge in [0.15, 0.2) is 5.78 Å². The number of para-hydroxylation sites is 1. The van der Waals surface area contributed by atoms with Crippen LogP contribution in [0.1, 0.15) is 32.8 Å². The van der Waals surface area contributed by atoms with Gasteiger partial charge in [0.1, 0.15) is 6.04 Å². The van der Waals surface area contributed by atoms with Crippen molar-refractivity contribution in [3.05, 3.63) is 29.8 Å². The maximum absolute atomic E-state index is 12.5. The number of ketones is 1. The zero-order chi connectivity index (χ0) is 15.8. The highest BCUT2D eigenvalue weighted by atomic mass is 16.5. The average molecular weight is 293 g/mol. The minimum Gasteiger partial charge on any atom is -0.392 e. The molecule has 0 spiro atoms. The molecule has 4 nitrogen and oxygen atoms in total. The topological polar surface area (TPSA) is 49.8 Å². The molecule has 0 heterocycles. The molecule has 0 saturated heterocycles. The number of methoxy groups -OCH3 is 1. The molecule has 0 fully saturated rings. The number of hydrogen-bond donors (Lipinski definition) is 1. The van der Waals surface area contributed by atoms with Crippen molar-refractivity contribution in [3.8, 4) is 0 Å². The smallest absolute Gasteiger partial charge is 0.160 e. The van der Waals surface area contributed by atoms with E-state index in [2.05, 4.69) is 11.8 Å². The number of anilines is 1. The van der Waals surface area contributed by atoms with Crippen LogP contribution in [0.5, 0.6) is 0 Å². The standard InChI is InChI=1S/C17H27NO3/c1-5-10-18(15-9-7-6-8-14(15)11-19)16(12-21-4)17(20)13(2)3/h6-9,13,16,19H,5,10-12H2,1-4H3. The Labute approximate surface area is 127 Å². The maximum atomic E-state index is 12.5. The molecule has 1 aromatic rings. The fourth-order valence-corrected chi connectivity index (χ4v) is 2.48. The molecule has 1 unspecified atom stereocenters. The van der Waals surface area contributed by atoms with E-state index >= 15 is 0 Å². The third-order valence-corrected chi connectivity index (χ3v) is 3.53. The summed E-state index contributed by atoms with van der Waals surface area (Å²) in [7, 11) is 1.61. The second kappa shape index (κ2) is 8.80. The summed E-state index contributed by atoms with van der Waals surface area (Å²) in [5.74, 6) is 0.115. The molecule has 1 N–H and O–H groups in total. The highest BCUT2D eigenvalue weighted by Crippen LogP contribution is 2.24. The first kappa shape index (κ1) is 17.7. The molecule has 0 amide bonds. The largest absolute Gasteiger partial charge is 0.392 e. The van der Waals surface area contributed by atoms with Gasteiger partial charge >= 0.3 is 0 Å². The van der Waals surface area contributed by atoms with E-state index in [4.69, 9.17) is 4.74 Å². The zero-order valence-corrected chi connectivity index (χ0v) is 13.5. The molecule has 0 aliphatic heterocycles. The van der Waals surface area contributed by atoms with Gasteiger partial charge in [-0.3, -0.25) is 4.79 Å². The van der Waals surface area contributed by atoms with Crippen molar-refractivity contribution >= 4 is 11.5 Å².